The van der Waals surface area contributed by atoms with Crippen LogP contribution in [-0.2, 0) is 14.8 Å². The smallest absolute Gasteiger partial charge is 0.264 e. The van der Waals surface area contributed by atoms with E-state index >= 15 is 0 Å². The second-order valence-electron chi connectivity index (χ2n) is 7.41. The van der Waals surface area contributed by atoms with Gasteiger partial charge in [-0.25, -0.2) is 8.42 Å². The number of carbonyl (C=O) groups is 1. The topological polar surface area (TPSA) is 66.9 Å². The number of hydrogen-bond donors (Lipinski definition) is 0. The molecule has 0 N–H and O–H groups in total. The van der Waals surface area contributed by atoms with Gasteiger partial charge < -0.3 is 9.64 Å². The van der Waals surface area contributed by atoms with Gasteiger partial charge >= 0.3 is 0 Å². The highest BCUT2D eigenvalue weighted by molar-refractivity contribution is 7.92. The number of aryl methyl sites for hydroxylation is 1. The average molecular weight is 417 g/mol. The van der Waals surface area contributed by atoms with Crippen LogP contribution in [-0.4, -0.2) is 52.6 Å². The lowest BCUT2D eigenvalue weighted by Gasteiger charge is -2.24. The molecule has 0 bridgehead atoms. The molecule has 1 amide bonds. The highest BCUT2D eigenvalue weighted by Gasteiger charge is 2.24. The van der Waals surface area contributed by atoms with Gasteiger partial charge in [0.25, 0.3) is 15.9 Å². The molecular weight excluding hydrogens is 388 g/mol. The summed E-state index contributed by atoms with van der Waals surface area (Å²) in [7, 11) is -2.14. The summed E-state index contributed by atoms with van der Waals surface area (Å²) in [5.74, 6) is 0.332. The van der Waals surface area contributed by atoms with Crippen LogP contribution in [0.2, 0.25) is 0 Å². The van der Waals surface area contributed by atoms with Crippen LogP contribution in [0.15, 0.2) is 53.4 Å². The molecule has 0 aliphatic carbocycles. The van der Waals surface area contributed by atoms with E-state index in [0.29, 0.717) is 36.9 Å². The van der Waals surface area contributed by atoms with Crippen LogP contribution in [0.1, 0.15) is 29.3 Å². The normalized spacial score (nSPS) is 16.6. The van der Waals surface area contributed by atoms with Crippen molar-refractivity contribution in [3.63, 3.8) is 0 Å². The lowest BCUT2D eigenvalue weighted by molar-refractivity contribution is 0.0731. The first-order valence-electron chi connectivity index (χ1n) is 9.85. The number of carbonyl (C=O) groups excluding carboxylic acids is 1. The molecule has 1 unspecified atom stereocenters. The van der Waals surface area contributed by atoms with Gasteiger partial charge in [-0.15, -0.1) is 0 Å². The fraction of sp³-hybridized carbons (Fsp3) is 0.409. The van der Waals surface area contributed by atoms with Gasteiger partial charge in [-0.1, -0.05) is 17.7 Å². The van der Waals surface area contributed by atoms with Crippen molar-refractivity contribution in [1.29, 1.82) is 0 Å². The van der Waals surface area contributed by atoms with Crippen molar-refractivity contribution < 1.29 is 17.9 Å². The first kappa shape index (κ1) is 21.3. The molecule has 0 saturated carbocycles. The monoisotopic (exact) mass is 416 g/mol. The zero-order valence-electron chi connectivity index (χ0n) is 17.2. The van der Waals surface area contributed by atoms with E-state index in [1.54, 1.807) is 48.5 Å². The maximum atomic E-state index is 12.8. The Kier molecular flexibility index (Phi) is 6.59. The van der Waals surface area contributed by atoms with Crippen LogP contribution in [0.5, 0.6) is 0 Å². The maximum absolute atomic E-state index is 12.8. The van der Waals surface area contributed by atoms with E-state index < -0.39 is 10.0 Å². The third kappa shape index (κ3) is 4.79. The largest absolute Gasteiger partial charge is 0.381 e. The molecule has 0 radical (unpaired) electrons. The van der Waals surface area contributed by atoms with Crippen molar-refractivity contribution in [2.45, 2.75) is 25.2 Å². The van der Waals surface area contributed by atoms with E-state index in [9.17, 15) is 13.2 Å². The Morgan fingerprint density at radius 2 is 1.76 bits per heavy atom. The second-order valence-corrected chi connectivity index (χ2v) is 9.38. The summed E-state index contributed by atoms with van der Waals surface area (Å²) >= 11 is 0. The van der Waals surface area contributed by atoms with Gasteiger partial charge in [0.2, 0.25) is 0 Å². The van der Waals surface area contributed by atoms with Gasteiger partial charge in [0, 0.05) is 38.2 Å². The summed E-state index contributed by atoms with van der Waals surface area (Å²) in [5, 5.41) is 0. The van der Waals surface area contributed by atoms with Crippen molar-refractivity contribution in [2.75, 3.05) is 37.7 Å². The lowest BCUT2D eigenvalue weighted by atomic mass is 10.1. The van der Waals surface area contributed by atoms with E-state index in [-0.39, 0.29) is 10.8 Å². The number of hydrogen-bond acceptors (Lipinski definition) is 4. The molecular formula is C22H28N2O4S. The molecule has 1 fully saturated rings. The molecule has 1 atom stereocenters. The quantitative estimate of drug-likeness (QED) is 0.694. The fourth-order valence-corrected chi connectivity index (χ4v) is 4.59. The van der Waals surface area contributed by atoms with Gasteiger partial charge in [0.15, 0.2) is 0 Å². The Morgan fingerprint density at radius 1 is 1.10 bits per heavy atom. The summed E-state index contributed by atoms with van der Waals surface area (Å²) in [5.41, 5.74) is 2.06. The predicted octanol–water partition coefficient (Wildman–Crippen LogP) is 3.32. The van der Waals surface area contributed by atoms with Gasteiger partial charge in [-0.2, -0.15) is 0 Å². The van der Waals surface area contributed by atoms with Crippen LogP contribution in [0.4, 0.5) is 5.69 Å². The van der Waals surface area contributed by atoms with E-state index in [0.717, 1.165) is 18.6 Å². The summed E-state index contributed by atoms with van der Waals surface area (Å²) < 4.78 is 32.3. The maximum Gasteiger partial charge on any atom is 0.264 e. The van der Waals surface area contributed by atoms with Crippen molar-refractivity contribution in [3.05, 3.63) is 59.7 Å². The molecule has 1 aliphatic heterocycles. The Balaban J connectivity index is 1.74. The standard InChI is InChI=1S/C22H28N2O4S/c1-4-24(15-18-13-14-28-16-18)22(25)19-7-9-20(10-8-19)23(3)29(26,27)21-11-5-17(2)6-12-21/h5-12,18H,4,13-16H2,1-3H3. The van der Waals surface area contributed by atoms with Crippen LogP contribution >= 0.6 is 0 Å². The molecule has 1 heterocycles. The van der Waals surface area contributed by atoms with Gasteiger partial charge in [0.1, 0.15) is 0 Å². The van der Waals surface area contributed by atoms with Gasteiger partial charge in [-0.3, -0.25) is 9.10 Å². The van der Waals surface area contributed by atoms with Crippen LogP contribution < -0.4 is 4.31 Å². The third-order valence-electron chi connectivity index (χ3n) is 5.33. The molecule has 0 spiro atoms. The minimum atomic E-state index is -3.65. The Hall–Kier alpha value is -2.38. The molecule has 2 aromatic rings. The Morgan fingerprint density at radius 3 is 2.31 bits per heavy atom. The second kappa shape index (κ2) is 8.97. The summed E-state index contributed by atoms with van der Waals surface area (Å²) in [6.07, 6.45) is 0.977. The first-order chi connectivity index (χ1) is 13.8. The third-order valence-corrected chi connectivity index (χ3v) is 7.13. The van der Waals surface area contributed by atoms with Crippen molar-refractivity contribution in [1.82, 2.24) is 4.90 Å². The van der Waals surface area contributed by atoms with Crippen molar-refractivity contribution in [2.24, 2.45) is 5.92 Å². The summed E-state index contributed by atoms with van der Waals surface area (Å²) in [4.78, 5) is 14.9. The van der Waals surface area contributed by atoms with E-state index in [4.69, 9.17) is 4.74 Å². The van der Waals surface area contributed by atoms with E-state index in [2.05, 4.69) is 0 Å². The van der Waals surface area contributed by atoms with Gasteiger partial charge in [-0.05, 0) is 56.7 Å². The van der Waals surface area contributed by atoms with E-state index in [1.807, 2.05) is 18.7 Å². The number of nitrogens with zero attached hydrogens (tertiary/aromatic N) is 2. The molecule has 0 aromatic heterocycles. The molecule has 2 aromatic carbocycles. The molecule has 6 nitrogen and oxygen atoms in total. The zero-order valence-corrected chi connectivity index (χ0v) is 18.0. The molecule has 1 aliphatic rings. The summed E-state index contributed by atoms with van der Waals surface area (Å²) in [6, 6.07) is 13.5. The SMILES string of the molecule is CCN(CC1CCOC1)C(=O)c1ccc(N(C)S(=O)(=O)c2ccc(C)cc2)cc1. The van der Waals surface area contributed by atoms with Crippen LogP contribution in [0, 0.1) is 12.8 Å². The average Bonchev–Trinajstić information content (AvgIpc) is 3.24. The Bertz CT molecular complexity index is 934. The first-order valence-corrected chi connectivity index (χ1v) is 11.3. The summed E-state index contributed by atoms with van der Waals surface area (Å²) in [6.45, 7) is 6.63. The minimum Gasteiger partial charge on any atom is -0.381 e. The van der Waals surface area contributed by atoms with Crippen molar-refractivity contribution in [3.8, 4) is 0 Å². The van der Waals surface area contributed by atoms with Crippen LogP contribution in [0.3, 0.4) is 0 Å². The number of rotatable bonds is 7. The fourth-order valence-electron chi connectivity index (χ4n) is 3.40. The zero-order chi connectivity index (χ0) is 21.0. The van der Waals surface area contributed by atoms with Gasteiger partial charge in [0.05, 0.1) is 17.2 Å². The predicted molar refractivity (Wildman–Crippen MR) is 114 cm³/mol. The minimum absolute atomic E-state index is 0.0463. The molecule has 7 heteroatoms. The number of ether oxygens (including phenoxy) is 1. The number of benzene rings is 2. The molecule has 1 saturated heterocycles. The van der Waals surface area contributed by atoms with Crippen LogP contribution in [0.25, 0.3) is 0 Å². The molecule has 156 valence electrons. The molecule has 3 rings (SSSR count). The van der Waals surface area contributed by atoms with E-state index in [1.165, 1.54) is 11.4 Å². The highest BCUT2D eigenvalue weighted by Crippen LogP contribution is 2.23. The van der Waals surface area contributed by atoms with Crippen molar-refractivity contribution >= 4 is 21.6 Å². The highest BCUT2D eigenvalue weighted by atomic mass is 32.2. The number of amides is 1. The number of sulfonamides is 1. The Labute approximate surface area is 173 Å². The lowest BCUT2D eigenvalue weighted by Crippen LogP contribution is -2.35. The molecule has 29 heavy (non-hydrogen) atoms. The number of anilines is 1.